The maximum Gasteiger partial charge on any atom is 0.187 e. The summed E-state index contributed by atoms with van der Waals surface area (Å²) in [6, 6.07) is 10.1. The fourth-order valence-electron chi connectivity index (χ4n) is 1.75. The summed E-state index contributed by atoms with van der Waals surface area (Å²) in [5.74, 6) is 0.786. The summed E-state index contributed by atoms with van der Waals surface area (Å²) in [6.45, 7) is 4.05. The second kappa shape index (κ2) is 5.98. The minimum absolute atomic E-state index is 0.0142. The first-order valence-electron chi connectivity index (χ1n) is 5.90. The number of rotatable bonds is 4. The predicted octanol–water partition coefficient (Wildman–Crippen LogP) is 2.89. The third-order valence-electron chi connectivity index (χ3n) is 2.75. The van der Waals surface area contributed by atoms with Crippen LogP contribution >= 0.6 is 11.8 Å². The van der Waals surface area contributed by atoms with E-state index in [-0.39, 0.29) is 6.04 Å². The lowest BCUT2D eigenvalue weighted by molar-refractivity contribution is 0.817. The number of hydrogen-bond donors (Lipinski definition) is 1. The smallest absolute Gasteiger partial charge is 0.187 e. The molecule has 1 heterocycles. The van der Waals surface area contributed by atoms with Crippen LogP contribution in [0.1, 0.15) is 22.9 Å². The number of thioether (sulfide) groups is 1. The lowest BCUT2D eigenvalue weighted by Gasteiger charge is -2.13. The lowest BCUT2D eigenvalue weighted by Crippen LogP contribution is -2.14. The fourth-order valence-corrected chi connectivity index (χ4v) is 2.60. The minimum atomic E-state index is 0.0142. The molecule has 0 spiro atoms. The molecule has 0 amide bonds. The highest BCUT2D eigenvalue weighted by atomic mass is 32.2. The highest BCUT2D eigenvalue weighted by Gasteiger charge is 2.09. The van der Waals surface area contributed by atoms with Crippen LogP contribution < -0.4 is 5.73 Å². The van der Waals surface area contributed by atoms with Crippen molar-refractivity contribution in [2.45, 2.75) is 25.0 Å². The van der Waals surface area contributed by atoms with E-state index in [0.717, 1.165) is 16.6 Å². The van der Waals surface area contributed by atoms with E-state index in [9.17, 15) is 0 Å². The van der Waals surface area contributed by atoms with Gasteiger partial charge in [-0.15, -0.1) is 0 Å². The van der Waals surface area contributed by atoms with Crippen LogP contribution in [0, 0.1) is 13.8 Å². The molecule has 0 aliphatic rings. The molecule has 0 aliphatic carbocycles. The van der Waals surface area contributed by atoms with Crippen LogP contribution in [0.5, 0.6) is 0 Å². The van der Waals surface area contributed by atoms with E-state index in [2.05, 4.69) is 29.0 Å². The van der Waals surface area contributed by atoms with Gasteiger partial charge < -0.3 is 5.73 Å². The van der Waals surface area contributed by atoms with Gasteiger partial charge in [-0.2, -0.15) is 0 Å². The number of benzene rings is 1. The SMILES string of the molecule is Cc1ccnc(SCC(N)c2ccccc2C)n1. The fraction of sp³-hybridized carbons (Fsp3) is 0.286. The van der Waals surface area contributed by atoms with Crippen molar-refractivity contribution in [1.29, 1.82) is 0 Å². The first-order valence-corrected chi connectivity index (χ1v) is 6.89. The molecule has 3 nitrogen and oxygen atoms in total. The molecular formula is C14H17N3S. The van der Waals surface area contributed by atoms with Crippen LogP contribution in [0.4, 0.5) is 0 Å². The standard InChI is InChI=1S/C14H17N3S/c1-10-5-3-4-6-12(10)13(15)9-18-14-16-8-7-11(2)17-14/h3-8,13H,9,15H2,1-2H3. The molecule has 0 fully saturated rings. The van der Waals surface area contributed by atoms with Gasteiger partial charge in [-0.05, 0) is 31.0 Å². The zero-order valence-electron chi connectivity index (χ0n) is 10.6. The Bertz CT molecular complexity index is 528. The van der Waals surface area contributed by atoms with Gasteiger partial charge >= 0.3 is 0 Å². The van der Waals surface area contributed by atoms with Crippen molar-refractivity contribution in [3.8, 4) is 0 Å². The molecule has 1 aromatic carbocycles. The van der Waals surface area contributed by atoms with Crippen LogP contribution in [-0.2, 0) is 0 Å². The summed E-state index contributed by atoms with van der Waals surface area (Å²) < 4.78 is 0. The van der Waals surface area contributed by atoms with E-state index in [4.69, 9.17) is 5.73 Å². The molecule has 0 bridgehead atoms. The van der Waals surface area contributed by atoms with Crippen molar-refractivity contribution < 1.29 is 0 Å². The van der Waals surface area contributed by atoms with Crippen LogP contribution in [-0.4, -0.2) is 15.7 Å². The third-order valence-corrected chi connectivity index (χ3v) is 3.73. The maximum atomic E-state index is 6.21. The molecule has 0 saturated carbocycles. The topological polar surface area (TPSA) is 51.8 Å². The zero-order valence-corrected chi connectivity index (χ0v) is 11.4. The summed E-state index contributed by atoms with van der Waals surface area (Å²) >= 11 is 1.60. The monoisotopic (exact) mass is 259 g/mol. The average molecular weight is 259 g/mol. The van der Waals surface area contributed by atoms with E-state index in [0.29, 0.717) is 0 Å². The summed E-state index contributed by atoms with van der Waals surface area (Å²) in [5, 5.41) is 0.791. The molecular weight excluding hydrogens is 242 g/mol. The van der Waals surface area contributed by atoms with Crippen molar-refractivity contribution in [3.05, 3.63) is 53.3 Å². The molecule has 0 radical (unpaired) electrons. The zero-order chi connectivity index (χ0) is 13.0. The van der Waals surface area contributed by atoms with E-state index in [1.165, 1.54) is 11.1 Å². The summed E-state index contributed by atoms with van der Waals surface area (Å²) in [6.07, 6.45) is 1.78. The molecule has 1 aromatic heterocycles. The Morgan fingerprint density at radius 2 is 2.00 bits per heavy atom. The summed E-state index contributed by atoms with van der Waals surface area (Å²) in [7, 11) is 0. The van der Waals surface area contributed by atoms with Crippen LogP contribution in [0.3, 0.4) is 0 Å². The number of nitrogens with zero attached hydrogens (tertiary/aromatic N) is 2. The largest absolute Gasteiger partial charge is 0.323 e. The van der Waals surface area contributed by atoms with Gasteiger partial charge in [0.1, 0.15) is 0 Å². The van der Waals surface area contributed by atoms with Gasteiger partial charge in [0.25, 0.3) is 0 Å². The van der Waals surface area contributed by atoms with Crippen molar-refractivity contribution in [3.63, 3.8) is 0 Å². The first kappa shape index (κ1) is 13.1. The Kier molecular flexibility index (Phi) is 4.33. The minimum Gasteiger partial charge on any atom is -0.323 e. The Morgan fingerprint density at radius 3 is 2.72 bits per heavy atom. The normalized spacial score (nSPS) is 12.4. The van der Waals surface area contributed by atoms with Crippen LogP contribution in [0.25, 0.3) is 0 Å². The molecule has 1 atom stereocenters. The van der Waals surface area contributed by atoms with E-state index in [1.54, 1.807) is 18.0 Å². The predicted molar refractivity (Wildman–Crippen MR) is 75.6 cm³/mol. The van der Waals surface area contributed by atoms with Crippen LogP contribution in [0.15, 0.2) is 41.7 Å². The Labute approximate surface area is 112 Å². The van der Waals surface area contributed by atoms with Crippen molar-refractivity contribution in [1.82, 2.24) is 9.97 Å². The van der Waals surface area contributed by atoms with Gasteiger partial charge in [0, 0.05) is 23.7 Å². The number of hydrogen-bond acceptors (Lipinski definition) is 4. The number of aryl methyl sites for hydroxylation is 2. The molecule has 18 heavy (non-hydrogen) atoms. The second-order valence-electron chi connectivity index (χ2n) is 4.25. The molecule has 4 heteroatoms. The van der Waals surface area contributed by atoms with E-state index >= 15 is 0 Å². The first-order chi connectivity index (χ1) is 8.66. The molecule has 1 unspecified atom stereocenters. The van der Waals surface area contributed by atoms with Gasteiger partial charge in [-0.1, -0.05) is 36.0 Å². The summed E-state index contributed by atoms with van der Waals surface area (Å²) in [5.41, 5.74) is 9.61. The quantitative estimate of drug-likeness (QED) is 0.677. The molecule has 0 aliphatic heterocycles. The van der Waals surface area contributed by atoms with Crippen molar-refractivity contribution in [2.24, 2.45) is 5.73 Å². The molecule has 2 rings (SSSR count). The second-order valence-corrected chi connectivity index (χ2v) is 5.24. The van der Waals surface area contributed by atoms with Gasteiger partial charge in [0.2, 0.25) is 0 Å². The molecule has 0 saturated heterocycles. The van der Waals surface area contributed by atoms with Gasteiger partial charge in [0.05, 0.1) is 0 Å². The molecule has 2 aromatic rings. The van der Waals surface area contributed by atoms with Gasteiger partial charge in [0.15, 0.2) is 5.16 Å². The highest BCUT2D eigenvalue weighted by Crippen LogP contribution is 2.22. The lowest BCUT2D eigenvalue weighted by atomic mass is 10.0. The van der Waals surface area contributed by atoms with Crippen molar-refractivity contribution in [2.75, 3.05) is 5.75 Å². The highest BCUT2D eigenvalue weighted by molar-refractivity contribution is 7.99. The van der Waals surface area contributed by atoms with Gasteiger partial charge in [-0.25, -0.2) is 9.97 Å². The summed E-state index contributed by atoms with van der Waals surface area (Å²) in [4.78, 5) is 8.58. The van der Waals surface area contributed by atoms with E-state index in [1.807, 2.05) is 25.1 Å². The number of aromatic nitrogens is 2. The Hall–Kier alpha value is -1.39. The van der Waals surface area contributed by atoms with Crippen molar-refractivity contribution >= 4 is 11.8 Å². The average Bonchev–Trinajstić information content (AvgIpc) is 2.37. The molecule has 94 valence electrons. The Morgan fingerprint density at radius 1 is 1.22 bits per heavy atom. The van der Waals surface area contributed by atoms with E-state index < -0.39 is 0 Å². The molecule has 2 N–H and O–H groups in total. The van der Waals surface area contributed by atoms with Crippen LogP contribution in [0.2, 0.25) is 0 Å². The van der Waals surface area contributed by atoms with Gasteiger partial charge in [-0.3, -0.25) is 0 Å². The number of nitrogens with two attached hydrogens (primary N) is 1. The maximum absolute atomic E-state index is 6.21. The Balaban J connectivity index is 2.00. The third kappa shape index (κ3) is 3.31.